The fourth-order valence-electron chi connectivity index (χ4n) is 2.67. The van der Waals surface area contributed by atoms with E-state index in [4.69, 9.17) is 4.98 Å². The van der Waals surface area contributed by atoms with Crippen LogP contribution in [-0.2, 0) is 5.33 Å². The van der Waals surface area contributed by atoms with Gasteiger partial charge in [0.2, 0.25) is 0 Å². The number of nitro groups is 1. The first-order valence-corrected chi connectivity index (χ1v) is 8.59. The summed E-state index contributed by atoms with van der Waals surface area (Å²) in [4.78, 5) is 15.4. The maximum Gasteiger partial charge on any atom is 0.270 e. The second-order valence-electron chi connectivity index (χ2n) is 5.43. The van der Waals surface area contributed by atoms with Crippen LogP contribution in [-0.4, -0.2) is 9.91 Å². The molecule has 5 heteroatoms. The maximum absolute atomic E-state index is 11.1. The minimum absolute atomic E-state index is 0.0868. The predicted molar refractivity (Wildman–Crippen MR) is 99.1 cm³/mol. The Morgan fingerprint density at radius 1 is 1.04 bits per heavy atom. The van der Waals surface area contributed by atoms with Crippen LogP contribution < -0.4 is 0 Å². The average Bonchev–Trinajstić information content (AvgIpc) is 2.62. The van der Waals surface area contributed by atoms with Gasteiger partial charge in [-0.05, 0) is 29.7 Å². The Hall–Kier alpha value is -2.53. The number of pyridine rings is 1. The van der Waals surface area contributed by atoms with E-state index in [2.05, 4.69) is 15.9 Å². The third-order valence-corrected chi connectivity index (χ3v) is 4.46. The highest BCUT2D eigenvalue weighted by Crippen LogP contribution is 2.33. The fraction of sp³-hybridized carbons (Fsp3) is 0.105. The Labute approximate surface area is 148 Å². The molecule has 0 saturated heterocycles. The van der Waals surface area contributed by atoms with Crippen molar-refractivity contribution < 1.29 is 4.92 Å². The van der Waals surface area contributed by atoms with E-state index in [0.717, 1.165) is 33.6 Å². The van der Waals surface area contributed by atoms with E-state index < -0.39 is 0 Å². The molecule has 1 heterocycles. The quantitative estimate of drug-likeness (QED) is 0.338. The smallest absolute Gasteiger partial charge is 0.258 e. The minimum atomic E-state index is -0.372. The molecule has 3 aromatic rings. The van der Waals surface area contributed by atoms with Crippen LogP contribution in [0.3, 0.4) is 0 Å². The Morgan fingerprint density at radius 3 is 2.42 bits per heavy atom. The third kappa shape index (κ3) is 3.21. The highest BCUT2D eigenvalue weighted by molar-refractivity contribution is 9.08. The van der Waals surface area contributed by atoms with E-state index >= 15 is 0 Å². The summed E-state index contributed by atoms with van der Waals surface area (Å²) in [6.07, 6.45) is 0. The van der Waals surface area contributed by atoms with Crippen molar-refractivity contribution >= 4 is 21.6 Å². The molecule has 0 amide bonds. The number of alkyl halides is 1. The summed E-state index contributed by atoms with van der Waals surface area (Å²) in [6.45, 7) is 1.96. The van der Waals surface area contributed by atoms with Crippen molar-refractivity contribution in [1.29, 1.82) is 0 Å². The Kier molecular flexibility index (Phi) is 4.71. The van der Waals surface area contributed by atoms with Crippen LogP contribution in [0.15, 0.2) is 60.7 Å². The lowest BCUT2D eigenvalue weighted by molar-refractivity contribution is -0.384. The van der Waals surface area contributed by atoms with Gasteiger partial charge in [-0.1, -0.05) is 58.4 Å². The van der Waals surface area contributed by atoms with Gasteiger partial charge in [-0.2, -0.15) is 0 Å². The molecule has 0 fully saturated rings. The number of nitro benzene ring substituents is 1. The summed E-state index contributed by atoms with van der Waals surface area (Å²) in [5, 5.41) is 11.7. The molecule has 4 nitrogen and oxygen atoms in total. The highest BCUT2D eigenvalue weighted by atomic mass is 79.9. The van der Waals surface area contributed by atoms with Crippen molar-refractivity contribution in [2.45, 2.75) is 12.3 Å². The van der Waals surface area contributed by atoms with Gasteiger partial charge in [0.15, 0.2) is 0 Å². The lowest BCUT2D eigenvalue weighted by atomic mass is 9.97. The van der Waals surface area contributed by atoms with E-state index in [0.29, 0.717) is 5.33 Å². The van der Waals surface area contributed by atoms with E-state index in [1.54, 1.807) is 12.1 Å². The van der Waals surface area contributed by atoms with Gasteiger partial charge in [0.25, 0.3) is 5.69 Å². The molecule has 2 aromatic carbocycles. The fourth-order valence-corrected chi connectivity index (χ4v) is 3.38. The molecule has 0 aliphatic heterocycles. The number of non-ortho nitro benzene ring substituents is 1. The summed E-state index contributed by atoms with van der Waals surface area (Å²) < 4.78 is 0. The van der Waals surface area contributed by atoms with Crippen molar-refractivity contribution in [3.63, 3.8) is 0 Å². The number of rotatable bonds is 4. The summed E-state index contributed by atoms with van der Waals surface area (Å²) in [5.41, 5.74) is 5.70. The maximum atomic E-state index is 11.1. The van der Waals surface area contributed by atoms with Crippen molar-refractivity contribution in [3.8, 4) is 22.4 Å². The Bertz CT molecular complexity index is 895. The van der Waals surface area contributed by atoms with Crippen LogP contribution in [0.4, 0.5) is 5.69 Å². The summed E-state index contributed by atoms with van der Waals surface area (Å²) in [6, 6.07) is 18.6. The minimum Gasteiger partial charge on any atom is -0.258 e. The van der Waals surface area contributed by atoms with Crippen molar-refractivity contribution in [1.82, 2.24) is 4.98 Å². The molecule has 0 unspecified atom stereocenters. The lowest BCUT2D eigenvalue weighted by Gasteiger charge is -2.13. The topological polar surface area (TPSA) is 56.0 Å². The van der Waals surface area contributed by atoms with Gasteiger partial charge in [-0.3, -0.25) is 15.1 Å². The summed E-state index contributed by atoms with van der Waals surface area (Å²) in [7, 11) is 0. The van der Waals surface area contributed by atoms with E-state index in [1.165, 1.54) is 6.07 Å². The molecule has 3 rings (SSSR count). The molecule has 0 atom stereocenters. The number of aromatic nitrogens is 1. The number of aryl methyl sites for hydroxylation is 1. The molecule has 0 spiro atoms. The summed E-state index contributed by atoms with van der Waals surface area (Å²) in [5.74, 6) is 0. The SMILES string of the molecule is Cc1nc(-c2ccccc2)cc(-c2cccc([N+](=O)[O-])c2)c1CBr. The van der Waals surface area contributed by atoms with Crippen molar-refractivity contribution in [3.05, 3.63) is 82.0 Å². The largest absolute Gasteiger partial charge is 0.270 e. The Balaban J connectivity index is 2.21. The van der Waals surface area contributed by atoms with Crippen LogP contribution in [0, 0.1) is 17.0 Å². The van der Waals surface area contributed by atoms with E-state index in [1.807, 2.05) is 49.4 Å². The van der Waals surface area contributed by atoms with Crippen LogP contribution in [0.1, 0.15) is 11.3 Å². The van der Waals surface area contributed by atoms with Gasteiger partial charge in [0.1, 0.15) is 0 Å². The van der Waals surface area contributed by atoms with Gasteiger partial charge in [0, 0.05) is 28.7 Å². The van der Waals surface area contributed by atoms with Crippen LogP contribution in [0.5, 0.6) is 0 Å². The normalized spacial score (nSPS) is 10.6. The van der Waals surface area contributed by atoms with E-state index in [9.17, 15) is 10.1 Å². The molecular weight excluding hydrogens is 368 g/mol. The van der Waals surface area contributed by atoms with Gasteiger partial charge in [-0.25, -0.2) is 0 Å². The Morgan fingerprint density at radius 2 is 1.75 bits per heavy atom. The average molecular weight is 383 g/mol. The molecular formula is C19H15BrN2O2. The second-order valence-corrected chi connectivity index (χ2v) is 5.99. The molecule has 0 bridgehead atoms. The number of halogens is 1. The number of benzene rings is 2. The first-order valence-electron chi connectivity index (χ1n) is 7.47. The zero-order valence-electron chi connectivity index (χ0n) is 13.1. The molecule has 24 heavy (non-hydrogen) atoms. The zero-order valence-corrected chi connectivity index (χ0v) is 14.7. The van der Waals surface area contributed by atoms with Gasteiger partial charge in [0.05, 0.1) is 10.6 Å². The van der Waals surface area contributed by atoms with Crippen LogP contribution in [0.2, 0.25) is 0 Å². The molecule has 0 N–H and O–H groups in total. The second kappa shape index (κ2) is 6.93. The molecule has 1 aromatic heterocycles. The van der Waals surface area contributed by atoms with Crippen LogP contribution >= 0.6 is 15.9 Å². The van der Waals surface area contributed by atoms with Gasteiger partial charge >= 0.3 is 0 Å². The standard InChI is InChI=1S/C19H15BrN2O2/c1-13-18(12-20)17(15-8-5-9-16(10-15)22(23)24)11-19(21-13)14-6-3-2-4-7-14/h2-11H,12H2,1H3. The zero-order chi connectivity index (χ0) is 17.1. The first kappa shape index (κ1) is 16.3. The number of nitrogens with zero attached hydrogens (tertiary/aromatic N) is 2. The van der Waals surface area contributed by atoms with Crippen molar-refractivity contribution in [2.24, 2.45) is 0 Å². The number of hydrogen-bond donors (Lipinski definition) is 0. The summed E-state index contributed by atoms with van der Waals surface area (Å²) >= 11 is 3.51. The molecule has 0 aliphatic rings. The van der Waals surface area contributed by atoms with Gasteiger partial charge < -0.3 is 0 Å². The molecule has 0 aliphatic carbocycles. The molecule has 0 radical (unpaired) electrons. The predicted octanol–water partition coefficient (Wildman–Crippen LogP) is 5.53. The monoisotopic (exact) mass is 382 g/mol. The number of hydrogen-bond acceptors (Lipinski definition) is 3. The van der Waals surface area contributed by atoms with Crippen molar-refractivity contribution in [2.75, 3.05) is 0 Å². The lowest BCUT2D eigenvalue weighted by Crippen LogP contribution is -1.98. The highest BCUT2D eigenvalue weighted by Gasteiger charge is 2.14. The molecule has 0 saturated carbocycles. The molecule has 120 valence electrons. The van der Waals surface area contributed by atoms with Gasteiger partial charge in [-0.15, -0.1) is 0 Å². The third-order valence-electron chi connectivity index (χ3n) is 3.90. The van der Waals surface area contributed by atoms with E-state index in [-0.39, 0.29) is 10.6 Å². The first-order chi connectivity index (χ1) is 11.6. The van der Waals surface area contributed by atoms with Crippen LogP contribution in [0.25, 0.3) is 22.4 Å².